The highest BCUT2D eigenvalue weighted by atomic mass is 19.4. The van der Waals surface area contributed by atoms with Gasteiger partial charge in [0.05, 0.1) is 12.9 Å². The Morgan fingerprint density at radius 3 is 2.39 bits per heavy atom. The highest BCUT2D eigenvalue weighted by Crippen LogP contribution is 2.16. The average Bonchev–Trinajstić information content (AvgIpc) is 3.27. The number of anilines is 1. The summed E-state index contributed by atoms with van der Waals surface area (Å²) in [5.74, 6) is -0.538. The molecule has 0 fully saturated rings. The topological polar surface area (TPSA) is 80.6 Å². The molecule has 0 atom stereocenters. The molecule has 0 aliphatic heterocycles. The zero-order valence-electron chi connectivity index (χ0n) is 16.2. The molecule has 0 unspecified atom stereocenters. The van der Waals surface area contributed by atoms with Crippen molar-refractivity contribution >= 4 is 17.5 Å². The van der Waals surface area contributed by atoms with Crippen LogP contribution in [0.1, 0.15) is 32.0 Å². The lowest BCUT2D eigenvalue weighted by Crippen LogP contribution is -2.23. The first kappa shape index (κ1) is 22.1. The van der Waals surface area contributed by atoms with E-state index in [1.807, 2.05) is 0 Å². The van der Waals surface area contributed by atoms with Crippen LogP contribution in [0.5, 0.6) is 0 Å². The van der Waals surface area contributed by atoms with Gasteiger partial charge in [-0.05, 0) is 47.5 Å². The molecule has 0 bridgehead atoms. The average molecular weight is 432 g/mol. The van der Waals surface area contributed by atoms with Crippen LogP contribution < -0.4 is 10.6 Å². The Kier molecular flexibility index (Phi) is 7.09. The summed E-state index contributed by atoms with van der Waals surface area (Å²) in [6.07, 6.45) is -2.97. The van der Waals surface area contributed by atoms with Crippen LogP contribution in [0, 0.1) is 0 Å². The van der Waals surface area contributed by atoms with Gasteiger partial charge in [-0.1, -0.05) is 24.3 Å². The van der Waals surface area contributed by atoms with Crippen molar-refractivity contribution in [3.05, 3.63) is 89.4 Å². The number of carbonyl (C=O) groups is 2. The lowest BCUT2D eigenvalue weighted by molar-refractivity contribution is -0.176. The molecule has 0 saturated heterocycles. The summed E-state index contributed by atoms with van der Waals surface area (Å²) in [4.78, 5) is 24.4. The molecule has 1 aromatic heterocycles. The van der Waals surface area contributed by atoms with Gasteiger partial charge in [0, 0.05) is 17.8 Å². The van der Waals surface area contributed by atoms with Crippen LogP contribution in [0.15, 0.2) is 71.3 Å². The molecule has 0 spiro atoms. The SMILES string of the molecule is O=C(NCc1cccc(NC(=O)c2ccco2)c1)c1ccc(COCC(F)(F)F)cc1. The highest BCUT2D eigenvalue weighted by Gasteiger charge is 2.27. The lowest BCUT2D eigenvalue weighted by atomic mass is 10.1. The Bertz CT molecular complexity index is 1020. The number of nitrogens with one attached hydrogen (secondary N) is 2. The molecule has 3 rings (SSSR count). The fourth-order valence-electron chi connectivity index (χ4n) is 2.68. The molecule has 0 aliphatic rings. The van der Waals surface area contributed by atoms with Crippen molar-refractivity contribution in [1.82, 2.24) is 5.32 Å². The van der Waals surface area contributed by atoms with Crippen molar-refractivity contribution < 1.29 is 31.9 Å². The summed E-state index contributed by atoms with van der Waals surface area (Å²) in [6.45, 7) is -1.30. The number of furan rings is 1. The van der Waals surface area contributed by atoms with Gasteiger partial charge in [0.25, 0.3) is 11.8 Å². The fraction of sp³-hybridized carbons (Fsp3) is 0.182. The molecule has 0 aliphatic carbocycles. The molecule has 2 aromatic carbocycles. The minimum Gasteiger partial charge on any atom is -0.459 e. The summed E-state index contributed by atoms with van der Waals surface area (Å²) in [5.41, 5.74) is 2.21. The number of rotatable bonds is 8. The molecule has 1 heterocycles. The van der Waals surface area contributed by atoms with Crippen LogP contribution in [0.3, 0.4) is 0 Å². The van der Waals surface area contributed by atoms with E-state index >= 15 is 0 Å². The maximum atomic E-state index is 12.3. The molecule has 6 nitrogen and oxygen atoms in total. The van der Waals surface area contributed by atoms with E-state index in [0.29, 0.717) is 16.8 Å². The van der Waals surface area contributed by atoms with E-state index in [1.54, 1.807) is 36.4 Å². The first-order chi connectivity index (χ1) is 14.8. The van der Waals surface area contributed by atoms with Crippen LogP contribution in [0.2, 0.25) is 0 Å². The third kappa shape index (κ3) is 7.00. The molecule has 0 radical (unpaired) electrons. The lowest BCUT2D eigenvalue weighted by Gasteiger charge is -2.09. The predicted molar refractivity (Wildman–Crippen MR) is 106 cm³/mol. The molecule has 2 N–H and O–H groups in total. The minimum absolute atomic E-state index is 0.186. The van der Waals surface area contributed by atoms with Gasteiger partial charge >= 0.3 is 6.18 Å². The van der Waals surface area contributed by atoms with Crippen molar-refractivity contribution in [1.29, 1.82) is 0 Å². The monoisotopic (exact) mass is 432 g/mol. The van der Waals surface area contributed by atoms with Crippen LogP contribution in [0.4, 0.5) is 18.9 Å². The number of benzene rings is 2. The number of alkyl halides is 3. The zero-order valence-corrected chi connectivity index (χ0v) is 16.2. The second-order valence-electron chi connectivity index (χ2n) is 6.62. The van der Waals surface area contributed by atoms with Crippen LogP contribution in [0.25, 0.3) is 0 Å². The van der Waals surface area contributed by atoms with Crippen molar-refractivity contribution in [2.24, 2.45) is 0 Å². The van der Waals surface area contributed by atoms with Crippen LogP contribution >= 0.6 is 0 Å². The number of ether oxygens (including phenoxy) is 1. The third-order valence-electron chi connectivity index (χ3n) is 4.13. The predicted octanol–water partition coefficient (Wildman–Crippen LogP) is 4.54. The van der Waals surface area contributed by atoms with Gasteiger partial charge in [-0.15, -0.1) is 0 Å². The summed E-state index contributed by atoms with van der Waals surface area (Å²) >= 11 is 0. The summed E-state index contributed by atoms with van der Waals surface area (Å²) < 4.78 is 45.9. The Hall–Kier alpha value is -3.59. The molecule has 9 heteroatoms. The molecule has 3 aromatic rings. The second-order valence-corrected chi connectivity index (χ2v) is 6.62. The number of halogens is 3. The Labute approximate surface area is 176 Å². The van der Waals surface area contributed by atoms with Gasteiger partial charge in [0.15, 0.2) is 5.76 Å². The van der Waals surface area contributed by atoms with Gasteiger partial charge in [-0.2, -0.15) is 13.2 Å². The van der Waals surface area contributed by atoms with Crippen LogP contribution in [-0.4, -0.2) is 24.6 Å². The smallest absolute Gasteiger partial charge is 0.411 e. The first-order valence-corrected chi connectivity index (χ1v) is 9.25. The van der Waals surface area contributed by atoms with E-state index in [1.165, 1.54) is 30.5 Å². The molecule has 162 valence electrons. The zero-order chi connectivity index (χ0) is 22.3. The van der Waals surface area contributed by atoms with E-state index in [2.05, 4.69) is 15.4 Å². The van der Waals surface area contributed by atoms with Gasteiger partial charge in [0.2, 0.25) is 0 Å². The van der Waals surface area contributed by atoms with Gasteiger partial charge in [0.1, 0.15) is 6.61 Å². The molecule has 0 saturated carbocycles. The van der Waals surface area contributed by atoms with Crippen molar-refractivity contribution in [2.45, 2.75) is 19.3 Å². The number of hydrogen-bond acceptors (Lipinski definition) is 4. The Morgan fingerprint density at radius 1 is 0.935 bits per heavy atom. The first-order valence-electron chi connectivity index (χ1n) is 9.25. The van der Waals surface area contributed by atoms with E-state index in [0.717, 1.165) is 5.56 Å². The van der Waals surface area contributed by atoms with Crippen molar-refractivity contribution in [3.63, 3.8) is 0 Å². The normalized spacial score (nSPS) is 11.2. The standard InChI is InChI=1S/C22H19F3N2O4/c23-22(24,25)14-30-13-15-6-8-17(9-7-15)20(28)26-12-16-3-1-4-18(11-16)27-21(29)19-5-2-10-31-19/h1-11H,12-14H2,(H,26,28)(H,27,29). The highest BCUT2D eigenvalue weighted by molar-refractivity contribution is 6.02. The third-order valence-corrected chi connectivity index (χ3v) is 4.13. The summed E-state index contributed by atoms with van der Waals surface area (Å²) in [7, 11) is 0. The van der Waals surface area contributed by atoms with E-state index in [4.69, 9.17) is 4.42 Å². The number of amides is 2. The van der Waals surface area contributed by atoms with Gasteiger partial charge < -0.3 is 19.8 Å². The summed E-state index contributed by atoms with van der Waals surface area (Å²) in [6, 6.07) is 16.2. The quantitative estimate of drug-likeness (QED) is 0.548. The van der Waals surface area contributed by atoms with E-state index in [9.17, 15) is 22.8 Å². The Morgan fingerprint density at radius 2 is 1.71 bits per heavy atom. The molecular formula is C22H19F3N2O4. The maximum absolute atomic E-state index is 12.3. The minimum atomic E-state index is -4.38. The van der Waals surface area contributed by atoms with E-state index < -0.39 is 12.8 Å². The van der Waals surface area contributed by atoms with Gasteiger partial charge in [-0.3, -0.25) is 9.59 Å². The fourth-order valence-corrected chi connectivity index (χ4v) is 2.68. The van der Waals surface area contributed by atoms with E-state index in [-0.39, 0.29) is 30.7 Å². The summed E-state index contributed by atoms with van der Waals surface area (Å²) in [5, 5.41) is 5.46. The Balaban J connectivity index is 1.50. The van der Waals surface area contributed by atoms with Crippen LogP contribution in [-0.2, 0) is 17.9 Å². The number of hydrogen-bond donors (Lipinski definition) is 2. The molecule has 31 heavy (non-hydrogen) atoms. The number of carbonyl (C=O) groups excluding carboxylic acids is 2. The van der Waals surface area contributed by atoms with Gasteiger partial charge in [-0.25, -0.2) is 0 Å². The van der Waals surface area contributed by atoms with Crippen molar-refractivity contribution in [2.75, 3.05) is 11.9 Å². The van der Waals surface area contributed by atoms with Crippen molar-refractivity contribution in [3.8, 4) is 0 Å². The molecule has 2 amide bonds. The second kappa shape index (κ2) is 9.94. The maximum Gasteiger partial charge on any atom is 0.411 e. The molecular weight excluding hydrogens is 413 g/mol. The largest absolute Gasteiger partial charge is 0.459 e.